The zero-order chi connectivity index (χ0) is 18.8. The quantitative estimate of drug-likeness (QED) is 0.318. The summed E-state index contributed by atoms with van der Waals surface area (Å²) in [4.78, 5) is 4.95. The summed E-state index contributed by atoms with van der Waals surface area (Å²) in [6, 6.07) is 31.9. The Kier molecular flexibility index (Phi) is 4.48. The highest BCUT2D eigenvalue weighted by atomic mass is 32.1. The molecular weight excluding hydrogens is 358 g/mol. The lowest BCUT2D eigenvalue weighted by Crippen LogP contribution is -1.90. The second-order valence-corrected chi connectivity index (χ2v) is 7.86. The van der Waals surface area contributed by atoms with Crippen LogP contribution in [0.5, 0.6) is 0 Å². The molecule has 2 heteroatoms. The monoisotopic (exact) mass is 377 g/mol. The van der Waals surface area contributed by atoms with Gasteiger partial charge in [0.05, 0.1) is 10.2 Å². The van der Waals surface area contributed by atoms with E-state index in [1.165, 1.54) is 32.2 Å². The average Bonchev–Trinajstić information content (AvgIpc) is 3.18. The molecule has 1 heterocycles. The maximum Gasteiger partial charge on any atom is 0.125 e. The van der Waals surface area contributed by atoms with Crippen LogP contribution in [0.15, 0.2) is 97.1 Å². The zero-order valence-electron chi connectivity index (χ0n) is 15.4. The summed E-state index contributed by atoms with van der Waals surface area (Å²) in [7, 11) is 0. The summed E-state index contributed by atoms with van der Waals surface area (Å²) in [5.41, 5.74) is 4.87. The van der Waals surface area contributed by atoms with E-state index in [0.29, 0.717) is 0 Å². The van der Waals surface area contributed by atoms with E-state index in [0.717, 1.165) is 16.9 Å². The molecule has 5 aromatic rings. The Morgan fingerprint density at radius 1 is 0.750 bits per heavy atom. The molecule has 134 valence electrons. The molecule has 0 spiro atoms. The lowest BCUT2D eigenvalue weighted by Gasteiger charge is -2.10. The summed E-state index contributed by atoms with van der Waals surface area (Å²) in [5.74, 6) is 0. The molecule has 4 aromatic carbocycles. The molecule has 0 atom stereocenters. The van der Waals surface area contributed by atoms with Crippen molar-refractivity contribution in [3.63, 3.8) is 0 Å². The average molecular weight is 378 g/mol. The number of benzene rings is 4. The number of thiazole rings is 1. The first-order chi connectivity index (χ1) is 13.9. The highest BCUT2D eigenvalue weighted by molar-refractivity contribution is 7.21. The molecule has 0 aliphatic rings. The van der Waals surface area contributed by atoms with Crippen molar-refractivity contribution in [2.24, 2.45) is 0 Å². The van der Waals surface area contributed by atoms with Crippen molar-refractivity contribution < 1.29 is 0 Å². The Balaban J connectivity index is 1.62. The molecule has 0 aliphatic carbocycles. The molecule has 0 saturated carbocycles. The van der Waals surface area contributed by atoms with Crippen LogP contribution < -0.4 is 0 Å². The van der Waals surface area contributed by atoms with Gasteiger partial charge in [0, 0.05) is 5.56 Å². The predicted molar refractivity (Wildman–Crippen MR) is 122 cm³/mol. The Morgan fingerprint density at radius 3 is 2.43 bits per heavy atom. The topological polar surface area (TPSA) is 12.9 Å². The van der Waals surface area contributed by atoms with Gasteiger partial charge in [-0.05, 0) is 40.5 Å². The maximum absolute atomic E-state index is 4.95. The van der Waals surface area contributed by atoms with E-state index in [2.05, 4.69) is 97.1 Å². The second kappa shape index (κ2) is 7.41. The highest BCUT2D eigenvalue weighted by Gasteiger charge is 2.13. The summed E-state index contributed by atoms with van der Waals surface area (Å²) in [5, 5.41) is 3.63. The molecule has 0 fully saturated rings. The van der Waals surface area contributed by atoms with E-state index in [9.17, 15) is 0 Å². The van der Waals surface area contributed by atoms with Crippen molar-refractivity contribution in [3.8, 4) is 10.6 Å². The molecule has 1 nitrogen and oxygen atoms in total. The first-order valence-electron chi connectivity index (χ1n) is 9.47. The molecule has 0 unspecified atom stereocenters. The summed E-state index contributed by atoms with van der Waals surface area (Å²) in [6.07, 6.45) is 5.32. The number of aromatic nitrogens is 1. The SMILES string of the molecule is C(=C\c1ccccc1)/Cc1ccc2ccccc2c1-c1nc2ccccc2s1. The largest absolute Gasteiger partial charge is 0.236 e. The number of para-hydroxylation sites is 1. The minimum Gasteiger partial charge on any atom is -0.236 e. The van der Waals surface area contributed by atoms with E-state index in [-0.39, 0.29) is 0 Å². The molecule has 0 saturated heterocycles. The van der Waals surface area contributed by atoms with Gasteiger partial charge in [-0.15, -0.1) is 11.3 Å². The molecule has 0 radical (unpaired) electrons. The van der Waals surface area contributed by atoms with Gasteiger partial charge in [-0.2, -0.15) is 0 Å². The van der Waals surface area contributed by atoms with Crippen molar-refractivity contribution in [3.05, 3.63) is 108 Å². The smallest absolute Gasteiger partial charge is 0.125 e. The fraction of sp³-hybridized carbons (Fsp3) is 0.0385. The third kappa shape index (κ3) is 3.23. The molecule has 0 aliphatic heterocycles. The molecule has 0 N–H and O–H groups in total. The molecular formula is C26H19NS. The van der Waals surface area contributed by atoms with Gasteiger partial charge in [0.15, 0.2) is 0 Å². The van der Waals surface area contributed by atoms with Crippen LogP contribution in [0.1, 0.15) is 11.1 Å². The van der Waals surface area contributed by atoms with Crippen LogP contribution in [0.25, 0.3) is 37.6 Å². The van der Waals surface area contributed by atoms with E-state index < -0.39 is 0 Å². The minimum atomic E-state index is 0.880. The number of fused-ring (bicyclic) bond motifs is 2. The van der Waals surface area contributed by atoms with Gasteiger partial charge in [-0.25, -0.2) is 4.98 Å². The number of rotatable bonds is 4. The highest BCUT2D eigenvalue weighted by Crippen LogP contribution is 2.37. The Morgan fingerprint density at radius 2 is 1.54 bits per heavy atom. The standard InChI is InChI=1S/C26H19NS/c1-2-9-19(10-3-1)11-8-13-21-18-17-20-12-4-5-14-22(20)25(21)26-27-23-15-6-7-16-24(23)28-26/h1-12,14-18H,13H2/b11-8+. The molecule has 0 bridgehead atoms. The fourth-order valence-electron chi connectivity index (χ4n) is 3.60. The van der Waals surface area contributed by atoms with Gasteiger partial charge in [-0.3, -0.25) is 0 Å². The summed E-state index contributed by atoms with van der Waals surface area (Å²) in [6.45, 7) is 0. The lowest BCUT2D eigenvalue weighted by atomic mass is 9.97. The fourth-order valence-corrected chi connectivity index (χ4v) is 4.66. The van der Waals surface area contributed by atoms with Gasteiger partial charge < -0.3 is 0 Å². The minimum absolute atomic E-state index is 0.880. The van der Waals surface area contributed by atoms with Gasteiger partial charge in [-0.1, -0.05) is 91.0 Å². The lowest BCUT2D eigenvalue weighted by molar-refractivity contribution is 1.28. The van der Waals surface area contributed by atoms with E-state index in [1.807, 2.05) is 6.07 Å². The normalized spacial score (nSPS) is 11.6. The first-order valence-corrected chi connectivity index (χ1v) is 10.3. The number of nitrogens with zero attached hydrogens (tertiary/aromatic N) is 1. The molecule has 28 heavy (non-hydrogen) atoms. The Bertz CT molecular complexity index is 1250. The van der Waals surface area contributed by atoms with Crippen molar-refractivity contribution in [2.75, 3.05) is 0 Å². The van der Waals surface area contributed by atoms with Crippen molar-refractivity contribution >= 4 is 38.4 Å². The van der Waals surface area contributed by atoms with Crippen LogP contribution in [0.2, 0.25) is 0 Å². The van der Waals surface area contributed by atoms with Crippen LogP contribution in [0.3, 0.4) is 0 Å². The number of hydrogen-bond acceptors (Lipinski definition) is 2. The van der Waals surface area contributed by atoms with E-state index >= 15 is 0 Å². The first kappa shape index (κ1) is 16.9. The summed E-state index contributed by atoms with van der Waals surface area (Å²) < 4.78 is 1.23. The second-order valence-electron chi connectivity index (χ2n) is 6.82. The predicted octanol–water partition coefficient (Wildman–Crippen LogP) is 7.37. The number of hydrogen-bond donors (Lipinski definition) is 0. The van der Waals surface area contributed by atoms with Gasteiger partial charge in [0.2, 0.25) is 0 Å². The Hall–Kier alpha value is -3.23. The van der Waals surface area contributed by atoms with Gasteiger partial charge in [0.25, 0.3) is 0 Å². The van der Waals surface area contributed by atoms with Crippen molar-refractivity contribution in [1.29, 1.82) is 0 Å². The third-order valence-corrected chi connectivity index (χ3v) is 6.02. The molecule has 0 amide bonds. The van der Waals surface area contributed by atoms with Crippen LogP contribution >= 0.6 is 11.3 Å². The molecule has 5 rings (SSSR count). The van der Waals surface area contributed by atoms with Gasteiger partial charge >= 0.3 is 0 Å². The van der Waals surface area contributed by atoms with Crippen molar-refractivity contribution in [2.45, 2.75) is 6.42 Å². The van der Waals surface area contributed by atoms with Crippen LogP contribution in [0, 0.1) is 0 Å². The van der Waals surface area contributed by atoms with E-state index in [1.54, 1.807) is 11.3 Å². The van der Waals surface area contributed by atoms with Crippen LogP contribution in [0.4, 0.5) is 0 Å². The maximum atomic E-state index is 4.95. The van der Waals surface area contributed by atoms with Gasteiger partial charge in [0.1, 0.15) is 5.01 Å². The van der Waals surface area contributed by atoms with Crippen LogP contribution in [-0.4, -0.2) is 4.98 Å². The van der Waals surface area contributed by atoms with E-state index in [4.69, 9.17) is 4.98 Å². The third-order valence-electron chi connectivity index (χ3n) is 4.97. The Labute approximate surface area is 168 Å². The van der Waals surface area contributed by atoms with Crippen LogP contribution in [-0.2, 0) is 6.42 Å². The summed E-state index contributed by atoms with van der Waals surface area (Å²) >= 11 is 1.77. The zero-order valence-corrected chi connectivity index (χ0v) is 16.2. The molecule has 1 aromatic heterocycles. The number of allylic oxidation sites excluding steroid dienone is 1. The van der Waals surface area contributed by atoms with Crippen molar-refractivity contribution in [1.82, 2.24) is 4.98 Å².